The fraction of sp³-hybridized carbons (Fsp3) is 0.238. The first-order chi connectivity index (χ1) is 14.3. The summed E-state index contributed by atoms with van der Waals surface area (Å²) < 4.78 is 27.5. The summed E-state index contributed by atoms with van der Waals surface area (Å²) >= 11 is 5.82. The zero-order valence-electron chi connectivity index (χ0n) is 17.1. The summed E-state index contributed by atoms with van der Waals surface area (Å²) in [4.78, 5) is 11.3. The highest BCUT2D eigenvalue weighted by Gasteiger charge is 2.14. The van der Waals surface area contributed by atoms with Crippen LogP contribution in [0.4, 0.5) is 23.1 Å². The van der Waals surface area contributed by atoms with Gasteiger partial charge in [-0.15, -0.1) is 0 Å². The summed E-state index contributed by atoms with van der Waals surface area (Å²) in [6.45, 7) is 7.80. The quantitative estimate of drug-likeness (QED) is 0.516. The van der Waals surface area contributed by atoms with E-state index in [1.807, 2.05) is 13.0 Å². The molecule has 0 fully saturated rings. The van der Waals surface area contributed by atoms with Crippen LogP contribution in [0.1, 0.15) is 19.5 Å². The normalized spacial score (nSPS) is 11.2. The first-order valence-corrected chi connectivity index (χ1v) is 11.4. The van der Waals surface area contributed by atoms with Gasteiger partial charge in [0, 0.05) is 41.2 Å². The van der Waals surface area contributed by atoms with E-state index < -0.39 is 10.0 Å². The molecule has 0 aliphatic rings. The van der Waals surface area contributed by atoms with E-state index in [9.17, 15) is 8.42 Å². The van der Waals surface area contributed by atoms with Crippen molar-refractivity contribution < 1.29 is 8.42 Å². The zero-order valence-corrected chi connectivity index (χ0v) is 18.6. The Morgan fingerprint density at radius 2 is 1.53 bits per heavy atom. The molecule has 0 radical (unpaired) electrons. The van der Waals surface area contributed by atoms with Crippen LogP contribution in [-0.4, -0.2) is 31.5 Å². The minimum atomic E-state index is -3.69. The molecule has 0 saturated heterocycles. The van der Waals surface area contributed by atoms with Crippen molar-refractivity contribution in [2.24, 2.45) is 0 Å². The van der Waals surface area contributed by atoms with Gasteiger partial charge in [-0.05, 0) is 69.3 Å². The summed E-state index contributed by atoms with van der Waals surface area (Å²) in [6.07, 6.45) is 0. The van der Waals surface area contributed by atoms with E-state index in [2.05, 4.69) is 38.8 Å². The average molecular weight is 446 g/mol. The lowest BCUT2D eigenvalue weighted by molar-refractivity contribution is 0.601. The molecule has 1 heterocycles. The van der Waals surface area contributed by atoms with Gasteiger partial charge in [-0.2, -0.15) is 4.98 Å². The highest BCUT2D eigenvalue weighted by atomic mass is 35.5. The van der Waals surface area contributed by atoms with E-state index in [4.69, 9.17) is 11.6 Å². The summed E-state index contributed by atoms with van der Waals surface area (Å²) in [5.41, 5.74) is 2.06. The molecule has 0 aliphatic carbocycles. The first-order valence-electron chi connectivity index (χ1n) is 9.57. The maximum Gasteiger partial charge on any atom is 0.261 e. The molecule has 9 heteroatoms. The number of aryl methyl sites for hydroxylation is 1. The second-order valence-electron chi connectivity index (χ2n) is 6.63. The molecule has 3 aromatic rings. The SMILES string of the molecule is CCN(CC)c1cc(C)nc(Nc2ccc(NS(=O)(=O)c3ccc(Cl)cc3)cc2)n1. The summed E-state index contributed by atoms with van der Waals surface area (Å²) in [5.74, 6) is 1.36. The van der Waals surface area contributed by atoms with Crippen molar-refractivity contribution >= 4 is 44.8 Å². The first kappa shape index (κ1) is 21.9. The van der Waals surface area contributed by atoms with Crippen LogP contribution in [0.15, 0.2) is 59.5 Å². The van der Waals surface area contributed by atoms with Crippen LogP contribution in [0.5, 0.6) is 0 Å². The smallest absolute Gasteiger partial charge is 0.261 e. The maximum absolute atomic E-state index is 12.5. The fourth-order valence-corrected chi connectivity index (χ4v) is 4.08. The molecule has 2 N–H and O–H groups in total. The summed E-state index contributed by atoms with van der Waals surface area (Å²) in [5, 5.41) is 3.65. The predicted molar refractivity (Wildman–Crippen MR) is 122 cm³/mol. The van der Waals surface area contributed by atoms with Crippen molar-refractivity contribution in [1.82, 2.24) is 9.97 Å². The lowest BCUT2D eigenvalue weighted by Gasteiger charge is -2.20. The third-order valence-corrected chi connectivity index (χ3v) is 6.09. The predicted octanol–water partition coefficient (Wildman–Crippen LogP) is 4.83. The molecule has 0 unspecified atom stereocenters. The van der Waals surface area contributed by atoms with Gasteiger partial charge in [0.2, 0.25) is 5.95 Å². The zero-order chi connectivity index (χ0) is 21.7. The number of nitrogens with one attached hydrogen (secondary N) is 2. The number of anilines is 4. The van der Waals surface area contributed by atoms with Crippen molar-refractivity contribution in [3.8, 4) is 0 Å². The largest absolute Gasteiger partial charge is 0.357 e. The summed E-state index contributed by atoms with van der Waals surface area (Å²) in [7, 11) is -3.69. The molecule has 158 valence electrons. The number of hydrogen-bond donors (Lipinski definition) is 2. The standard InChI is InChI=1S/C21H24ClN5O2S/c1-4-27(5-2)20-14-15(3)23-21(25-20)24-17-8-10-18(11-9-17)26-30(28,29)19-12-6-16(22)7-13-19/h6-14,26H,4-5H2,1-3H3,(H,23,24,25). The minimum Gasteiger partial charge on any atom is -0.357 e. The highest BCUT2D eigenvalue weighted by molar-refractivity contribution is 7.92. The van der Waals surface area contributed by atoms with Crippen molar-refractivity contribution in [2.45, 2.75) is 25.7 Å². The van der Waals surface area contributed by atoms with Crippen LogP contribution in [0.3, 0.4) is 0 Å². The van der Waals surface area contributed by atoms with Crippen LogP contribution < -0.4 is 14.9 Å². The Morgan fingerprint density at radius 3 is 2.13 bits per heavy atom. The van der Waals surface area contributed by atoms with Gasteiger partial charge < -0.3 is 10.2 Å². The van der Waals surface area contributed by atoms with Crippen LogP contribution in [0, 0.1) is 6.92 Å². The van der Waals surface area contributed by atoms with Gasteiger partial charge in [-0.1, -0.05) is 11.6 Å². The van der Waals surface area contributed by atoms with Crippen molar-refractivity contribution in [1.29, 1.82) is 0 Å². The molecule has 30 heavy (non-hydrogen) atoms. The molecular weight excluding hydrogens is 422 g/mol. The Kier molecular flexibility index (Phi) is 6.79. The lowest BCUT2D eigenvalue weighted by Crippen LogP contribution is -2.23. The van der Waals surface area contributed by atoms with E-state index >= 15 is 0 Å². The number of hydrogen-bond acceptors (Lipinski definition) is 6. The molecule has 2 aromatic carbocycles. The number of rotatable bonds is 8. The Hall–Kier alpha value is -2.84. The Morgan fingerprint density at radius 1 is 0.933 bits per heavy atom. The maximum atomic E-state index is 12.5. The monoisotopic (exact) mass is 445 g/mol. The Bertz CT molecular complexity index is 1100. The molecule has 0 bridgehead atoms. The Balaban J connectivity index is 1.74. The molecule has 0 spiro atoms. The molecule has 0 aliphatic heterocycles. The van der Waals surface area contributed by atoms with E-state index in [0.29, 0.717) is 16.7 Å². The van der Waals surface area contributed by atoms with Crippen LogP contribution in [-0.2, 0) is 10.0 Å². The van der Waals surface area contributed by atoms with Gasteiger partial charge in [-0.3, -0.25) is 4.72 Å². The van der Waals surface area contributed by atoms with Crippen molar-refractivity contribution in [3.63, 3.8) is 0 Å². The van der Waals surface area contributed by atoms with Crippen LogP contribution in [0.25, 0.3) is 0 Å². The lowest BCUT2D eigenvalue weighted by atomic mass is 10.3. The van der Waals surface area contributed by atoms with Crippen molar-refractivity contribution in [3.05, 3.63) is 65.3 Å². The average Bonchev–Trinajstić information content (AvgIpc) is 2.70. The molecular formula is C21H24ClN5O2S. The third kappa shape index (κ3) is 5.40. The van der Waals surface area contributed by atoms with E-state index in [0.717, 1.165) is 30.3 Å². The van der Waals surface area contributed by atoms with E-state index in [1.165, 1.54) is 24.3 Å². The number of aromatic nitrogens is 2. The van der Waals surface area contributed by atoms with Gasteiger partial charge in [0.05, 0.1) is 4.90 Å². The van der Waals surface area contributed by atoms with Gasteiger partial charge >= 0.3 is 0 Å². The molecule has 0 saturated carbocycles. The minimum absolute atomic E-state index is 0.145. The number of nitrogens with zero attached hydrogens (tertiary/aromatic N) is 3. The van der Waals surface area contributed by atoms with Gasteiger partial charge in [0.1, 0.15) is 5.82 Å². The molecule has 7 nitrogen and oxygen atoms in total. The molecule has 0 amide bonds. The van der Waals surface area contributed by atoms with Gasteiger partial charge in [0.25, 0.3) is 10.0 Å². The fourth-order valence-electron chi connectivity index (χ4n) is 2.90. The number of sulfonamides is 1. The molecule has 3 rings (SSSR count). The van der Waals surface area contributed by atoms with Crippen LogP contribution in [0.2, 0.25) is 5.02 Å². The molecule has 1 aromatic heterocycles. The highest BCUT2D eigenvalue weighted by Crippen LogP contribution is 2.22. The Labute approximate surface area is 182 Å². The molecule has 0 atom stereocenters. The van der Waals surface area contributed by atoms with E-state index in [1.54, 1.807) is 24.3 Å². The van der Waals surface area contributed by atoms with Gasteiger partial charge in [-0.25, -0.2) is 13.4 Å². The van der Waals surface area contributed by atoms with E-state index in [-0.39, 0.29) is 4.90 Å². The topological polar surface area (TPSA) is 87.2 Å². The number of halogens is 1. The number of benzene rings is 2. The van der Waals surface area contributed by atoms with Gasteiger partial charge in [0.15, 0.2) is 0 Å². The van der Waals surface area contributed by atoms with Crippen LogP contribution >= 0.6 is 11.6 Å². The second kappa shape index (κ2) is 9.32. The third-order valence-electron chi connectivity index (χ3n) is 4.45. The summed E-state index contributed by atoms with van der Waals surface area (Å²) in [6, 6.07) is 14.8. The van der Waals surface area contributed by atoms with Crippen molar-refractivity contribution in [2.75, 3.05) is 28.0 Å². The second-order valence-corrected chi connectivity index (χ2v) is 8.74.